The number of nitrogens with zero attached hydrogens (tertiary/aromatic N) is 1. The van der Waals surface area contributed by atoms with Gasteiger partial charge in [0.1, 0.15) is 6.54 Å². The first-order valence-corrected chi connectivity index (χ1v) is 4.62. The molecule has 0 saturated heterocycles. The van der Waals surface area contributed by atoms with E-state index in [2.05, 4.69) is 0 Å². The highest BCUT2D eigenvalue weighted by atomic mass is 35.5. The van der Waals surface area contributed by atoms with Crippen LogP contribution in [0.4, 0.5) is 0 Å². The minimum Gasteiger partial charge on any atom is -0.480 e. The number of halogens is 1. The van der Waals surface area contributed by atoms with Gasteiger partial charge in [-0.2, -0.15) is 0 Å². The maximum Gasteiger partial charge on any atom is 0.323 e. The quantitative estimate of drug-likeness (QED) is 0.851. The first-order valence-electron chi connectivity index (χ1n) is 4.24. The number of carboxylic acids is 1. The summed E-state index contributed by atoms with van der Waals surface area (Å²) in [6.45, 7) is -0.343. The van der Waals surface area contributed by atoms with Crippen LogP contribution in [0.25, 0.3) is 0 Å². The van der Waals surface area contributed by atoms with Crippen LogP contribution in [0.5, 0.6) is 0 Å². The number of hydrogen-bond acceptors (Lipinski definition) is 2. The lowest BCUT2D eigenvalue weighted by Crippen LogP contribution is -2.32. The number of rotatable bonds is 3. The number of carbonyl (C=O) groups excluding carboxylic acids is 1. The fourth-order valence-corrected chi connectivity index (χ4v) is 1.33. The fourth-order valence-electron chi connectivity index (χ4n) is 1.11. The molecule has 0 aliphatic rings. The summed E-state index contributed by atoms with van der Waals surface area (Å²) < 4.78 is 0. The van der Waals surface area contributed by atoms with Crippen molar-refractivity contribution in [1.29, 1.82) is 0 Å². The molecule has 0 spiro atoms. The Labute approximate surface area is 92.1 Å². The third kappa shape index (κ3) is 2.95. The average molecular weight is 228 g/mol. The van der Waals surface area contributed by atoms with E-state index in [0.29, 0.717) is 10.6 Å². The zero-order chi connectivity index (χ0) is 11.4. The minimum absolute atomic E-state index is 0.308. The van der Waals surface area contributed by atoms with Crippen LogP contribution in [-0.4, -0.2) is 35.5 Å². The smallest absolute Gasteiger partial charge is 0.323 e. The number of amides is 1. The molecule has 0 radical (unpaired) electrons. The highest BCUT2D eigenvalue weighted by molar-refractivity contribution is 6.33. The predicted molar refractivity (Wildman–Crippen MR) is 56.0 cm³/mol. The average Bonchev–Trinajstić information content (AvgIpc) is 2.16. The van der Waals surface area contributed by atoms with E-state index in [4.69, 9.17) is 16.7 Å². The van der Waals surface area contributed by atoms with Gasteiger partial charge in [0.05, 0.1) is 10.6 Å². The monoisotopic (exact) mass is 227 g/mol. The highest BCUT2D eigenvalue weighted by Crippen LogP contribution is 2.16. The first-order chi connectivity index (χ1) is 7.02. The Morgan fingerprint density at radius 2 is 2.00 bits per heavy atom. The third-order valence-electron chi connectivity index (χ3n) is 1.82. The Morgan fingerprint density at radius 1 is 1.40 bits per heavy atom. The van der Waals surface area contributed by atoms with Crippen molar-refractivity contribution >= 4 is 23.5 Å². The molecule has 15 heavy (non-hydrogen) atoms. The molecule has 1 rings (SSSR count). The Balaban J connectivity index is 2.85. The van der Waals surface area contributed by atoms with Gasteiger partial charge in [-0.3, -0.25) is 9.59 Å². The van der Waals surface area contributed by atoms with Crippen LogP contribution in [0.15, 0.2) is 24.3 Å². The van der Waals surface area contributed by atoms with E-state index >= 15 is 0 Å². The van der Waals surface area contributed by atoms with Crippen LogP contribution < -0.4 is 0 Å². The Hall–Kier alpha value is -1.55. The van der Waals surface area contributed by atoms with Crippen LogP contribution in [-0.2, 0) is 4.79 Å². The van der Waals surface area contributed by atoms with Crippen molar-refractivity contribution in [3.8, 4) is 0 Å². The first kappa shape index (κ1) is 11.5. The van der Waals surface area contributed by atoms with Gasteiger partial charge in [-0.15, -0.1) is 0 Å². The maximum absolute atomic E-state index is 11.7. The zero-order valence-electron chi connectivity index (χ0n) is 8.11. The second-order valence-corrected chi connectivity index (χ2v) is 3.44. The molecule has 0 aliphatic carbocycles. The van der Waals surface area contributed by atoms with Crippen molar-refractivity contribution in [2.45, 2.75) is 0 Å². The van der Waals surface area contributed by atoms with E-state index < -0.39 is 11.9 Å². The van der Waals surface area contributed by atoms with Crippen molar-refractivity contribution in [3.05, 3.63) is 34.9 Å². The Morgan fingerprint density at radius 3 is 2.53 bits per heavy atom. The molecule has 4 nitrogen and oxygen atoms in total. The molecule has 1 N–H and O–H groups in total. The second-order valence-electron chi connectivity index (χ2n) is 3.03. The number of likely N-dealkylation sites (N-methyl/N-ethyl adjacent to an activating group) is 1. The van der Waals surface area contributed by atoms with Gasteiger partial charge in [-0.25, -0.2) is 0 Å². The van der Waals surface area contributed by atoms with Crippen molar-refractivity contribution in [2.75, 3.05) is 13.6 Å². The summed E-state index contributed by atoms with van der Waals surface area (Å²) in [5.74, 6) is -1.46. The summed E-state index contributed by atoms with van der Waals surface area (Å²) in [6.07, 6.45) is 0. The van der Waals surface area contributed by atoms with Gasteiger partial charge in [0, 0.05) is 7.05 Å². The van der Waals surface area contributed by atoms with Gasteiger partial charge in [0.25, 0.3) is 5.91 Å². The van der Waals surface area contributed by atoms with Crippen molar-refractivity contribution in [1.82, 2.24) is 4.90 Å². The SMILES string of the molecule is CN(CC(=O)O)C(=O)c1ccccc1Cl. The molecule has 0 atom stereocenters. The standard InChI is InChI=1S/C10H10ClNO3/c1-12(6-9(13)14)10(15)7-4-2-3-5-8(7)11/h2-5H,6H2,1H3,(H,13,14). The van der Waals surface area contributed by atoms with Gasteiger partial charge in [0.2, 0.25) is 0 Å². The van der Waals surface area contributed by atoms with E-state index in [9.17, 15) is 9.59 Å². The molecule has 1 amide bonds. The third-order valence-corrected chi connectivity index (χ3v) is 2.15. The van der Waals surface area contributed by atoms with E-state index in [-0.39, 0.29) is 6.54 Å². The highest BCUT2D eigenvalue weighted by Gasteiger charge is 2.16. The predicted octanol–water partition coefficient (Wildman–Crippen LogP) is 1.50. The lowest BCUT2D eigenvalue weighted by Gasteiger charge is -2.14. The zero-order valence-corrected chi connectivity index (χ0v) is 8.86. The summed E-state index contributed by atoms with van der Waals surface area (Å²) in [5, 5.41) is 8.84. The van der Waals surface area contributed by atoms with Gasteiger partial charge in [0.15, 0.2) is 0 Å². The summed E-state index contributed by atoms with van der Waals surface area (Å²) in [7, 11) is 1.42. The molecule has 0 heterocycles. The second kappa shape index (κ2) is 4.79. The van der Waals surface area contributed by atoms with E-state index in [1.54, 1.807) is 24.3 Å². The topological polar surface area (TPSA) is 57.6 Å². The molecule has 0 aliphatic heterocycles. The van der Waals surface area contributed by atoms with E-state index in [1.807, 2.05) is 0 Å². The molecule has 1 aromatic carbocycles. The lowest BCUT2D eigenvalue weighted by atomic mass is 10.2. The molecule has 0 bridgehead atoms. The van der Waals surface area contributed by atoms with Gasteiger partial charge in [-0.1, -0.05) is 23.7 Å². The van der Waals surface area contributed by atoms with E-state index in [1.165, 1.54) is 7.05 Å². The molecule has 0 unspecified atom stereocenters. The summed E-state index contributed by atoms with van der Waals surface area (Å²) >= 11 is 5.80. The number of carbonyl (C=O) groups is 2. The largest absolute Gasteiger partial charge is 0.480 e. The van der Waals surface area contributed by atoms with Crippen LogP contribution in [0.3, 0.4) is 0 Å². The van der Waals surface area contributed by atoms with Crippen molar-refractivity contribution < 1.29 is 14.7 Å². The van der Waals surface area contributed by atoms with Crippen LogP contribution in [0, 0.1) is 0 Å². The molecule has 80 valence electrons. The normalized spacial score (nSPS) is 9.73. The fraction of sp³-hybridized carbons (Fsp3) is 0.200. The molecule has 1 aromatic rings. The number of benzene rings is 1. The number of hydrogen-bond donors (Lipinski definition) is 1. The number of aliphatic carboxylic acids is 1. The summed E-state index contributed by atoms with van der Waals surface area (Å²) in [4.78, 5) is 23.2. The molecular weight excluding hydrogens is 218 g/mol. The molecule has 0 aromatic heterocycles. The summed E-state index contributed by atoms with van der Waals surface area (Å²) in [6, 6.07) is 6.52. The van der Waals surface area contributed by atoms with E-state index in [0.717, 1.165) is 4.90 Å². The summed E-state index contributed by atoms with van der Waals surface area (Å²) in [5.41, 5.74) is 0.308. The van der Waals surface area contributed by atoms with Crippen LogP contribution in [0.1, 0.15) is 10.4 Å². The van der Waals surface area contributed by atoms with Crippen molar-refractivity contribution in [3.63, 3.8) is 0 Å². The maximum atomic E-state index is 11.7. The minimum atomic E-state index is -1.06. The van der Waals surface area contributed by atoms with Gasteiger partial charge >= 0.3 is 5.97 Å². The lowest BCUT2D eigenvalue weighted by molar-refractivity contribution is -0.137. The van der Waals surface area contributed by atoms with Gasteiger partial charge in [-0.05, 0) is 12.1 Å². The molecular formula is C10H10ClNO3. The Kier molecular flexibility index (Phi) is 3.68. The number of carboxylic acid groups (broad SMARTS) is 1. The molecule has 0 fully saturated rings. The van der Waals surface area contributed by atoms with Crippen LogP contribution in [0.2, 0.25) is 5.02 Å². The Bertz CT molecular complexity index is 392. The molecule has 5 heteroatoms. The van der Waals surface area contributed by atoms with Gasteiger partial charge < -0.3 is 10.0 Å². The van der Waals surface area contributed by atoms with Crippen LogP contribution >= 0.6 is 11.6 Å². The molecule has 0 saturated carbocycles. The van der Waals surface area contributed by atoms with Crippen molar-refractivity contribution in [2.24, 2.45) is 0 Å².